The van der Waals surface area contributed by atoms with Crippen molar-refractivity contribution in [3.8, 4) is 22.4 Å². The molecule has 0 spiro atoms. The molecule has 0 aliphatic carbocycles. The lowest BCUT2D eigenvalue weighted by molar-refractivity contribution is -0.135. The molecule has 5 heterocycles. The van der Waals surface area contributed by atoms with Crippen LogP contribution in [0.2, 0.25) is 0 Å². The quantitative estimate of drug-likeness (QED) is 0.153. The molecule has 14 heteroatoms. The van der Waals surface area contributed by atoms with Gasteiger partial charge in [0.15, 0.2) is 0 Å². The molecule has 6 aromatic rings. The Labute approximate surface area is 327 Å². The Bertz CT molecular complexity index is 2610. The first kappa shape index (κ1) is 37.5. The molecular weight excluding hydrogens is 731 g/mol. The number of rotatable bonds is 9. The van der Waals surface area contributed by atoms with Crippen LogP contribution in [0.1, 0.15) is 84.2 Å². The number of pyridine rings is 1. The van der Waals surface area contributed by atoms with Gasteiger partial charge >= 0.3 is 5.69 Å². The molecule has 1 saturated heterocycles. The van der Waals surface area contributed by atoms with Crippen molar-refractivity contribution >= 4 is 40.1 Å². The van der Waals surface area contributed by atoms with Crippen LogP contribution in [0.3, 0.4) is 0 Å². The summed E-state index contributed by atoms with van der Waals surface area (Å²) in [5.41, 5.74) is 8.30. The number of imidazole rings is 1. The second-order valence-corrected chi connectivity index (χ2v) is 15.0. The number of piperidine rings is 1. The highest BCUT2D eigenvalue weighted by Gasteiger charge is 2.29. The van der Waals surface area contributed by atoms with E-state index in [2.05, 4.69) is 45.5 Å². The molecule has 2 aliphatic rings. The Hall–Kier alpha value is -6.44. The first-order valence-corrected chi connectivity index (χ1v) is 19.0. The first-order chi connectivity index (χ1) is 27.4. The Balaban J connectivity index is 0.977. The van der Waals surface area contributed by atoms with Crippen LogP contribution < -0.4 is 21.2 Å². The molecule has 57 heavy (non-hydrogen) atoms. The third-order valence-electron chi connectivity index (χ3n) is 11.1. The second kappa shape index (κ2) is 14.9. The smallest absolute Gasteiger partial charge is 0.328 e. The van der Waals surface area contributed by atoms with Gasteiger partial charge in [-0.2, -0.15) is 5.10 Å². The summed E-state index contributed by atoms with van der Waals surface area (Å²) in [6.45, 7) is 5.04. The molecular formula is C43H42F2N8O4. The molecule has 0 bridgehead atoms. The zero-order chi connectivity index (χ0) is 40.1. The molecule has 1 atom stereocenters. The minimum Gasteiger partial charge on any atom is -0.347 e. The number of fused-ring (bicyclic) bond motifs is 2. The van der Waals surface area contributed by atoms with Crippen molar-refractivity contribution in [1.82, 2.24) is 34.5 Å². The van der Waals surface area contributed by atoms with Gasteiger partial charge in [0, 0.05) is 74.1 Å². The van der Waals surface area contributed by atoms with E-state index in [-0.39, 0.29) is 47.6 Å². The number of imide groups is 1. The summed E-state index contributed by atoms with van der Waals surface area (Å²) < 4.78 is 34.5. The lowest BCUT2D eigenvalue weighted by atomic mass is 9.91. The van der Waals surface area contributed by atoms with Crippen molar-refractivity contribution < 1.29 is 23.2 Å². The van der Waals surface area contributed by atoms with Gasteiger partial charge in [0.2, 0.25) is 5.91 Å². The SMILES string of the molecule is CC(C)c1cc(N2CCCc3cc(-c4ccc(C(=O)NCc5ccc(-c6ccn(C7CCC(=O)NC7=O)n6)cc5)nc4)c(C(F)F)cc32)cc2c1n(C)c(=O)n2C. The van der Waals surface area contributed by atoms with E-state index in [0.29, 0.717) is 41.9 Å². The molecule has 12 nitrogen and oxygen atoms in total. The molecule has 0 radical (unpaired) electrons. The summed E-state index contributed by atoms with van der Waals surface area (Å²) in [4.78, 5) is 56.2. The number of hydrogen-bond donors (Lipinski definition) is 2. The van der Waals surface area contributed by atoms with Gasteiger partial charge in [0.1, 0.15) is 11.7 Å². The Morgan fingerprint density at radius 2 is 1.70 bits per heavy atom. The minimum absolute atomic E-state index is 0.118. The third kappa shape index (κ3) is 7.00. The summed E-state index contributed by atoms with van der Waals surface area (Å²) >= 11 is 0. The van der Waals surface area contributed by atoms with Crippen molar-refractivity contribution in [2.45, 2.75) is 64.5 Å². The topological polar surface area (TPSA) is 136 Å². The van der Waals surface area contributed by atoms with Gasteiger partial charge in [-0.1, -0.05) is 44.2 Å². The maximum Gasteiger partial charge on any atom is 0.328 e. The summed E-state index contributed by atoms with van der Waals surface area (Å²) in [6.07, 6.45) is 2.61. The van der Waals surface area contributed by atoms with E-state index in [0.717, 1.165) is 45.4 Å². The fourth-order valence-electron chi connectivity index (χ4n) is 7.97. The Morgan fingerprint density at radius 3 is 2.40 bits per heavy atom. The van der Waals surface area contributed by atoms with Crippen LogP contribution >= 0.6 is 0 Å². The largest absolute Gasteiger partial charge is 0.347 e. The molecule has 3 amide bonds. The van der Waals surface area contributed by atoms with Crippen LogP contribution in [-0.2, 0) is 36.6 Å². The van der Waals surface area contributed by atoms with Crippen LogP contribution in [0, 0.1) is 0 Å². The average molecular weight is 773 g/mol. The lowest BCUT2D eigenvalue weighted by Crippen LogP contribution is -2.41. The minimum atomic E-state index is -2.76. The third-order valence-corrected chi connectivity index (χ3v) is 11.1. The van der Waals surface area contributed by atoms with Crippen molar-refractivity contribution in [3.63, 3.8) is 0 Å². The molecule has 2 aliphatic heterocycles. The number of amides is 3. The fourth-order valence-corrected chi connectivity index (χ4v) is 7.97. The first-order valence-electron chi connectivity index (χ1n) is 19.0. The predicted octanol–water partition coefficient (Wildman–Crippen LogP) is 6.86. The average Bonchev–Trinajstić information content (AvgIpc) is 3.78. The molecule has 1 fully saturated rings. The lowest BCUT2D eigenvalue weighted by Gasteiger charge is -2.33. The number of nitrogens with zero attached hydrogens (tertiary/aromatic N) is 6. The van der Waals surface area contributed by atoms with Gasteiger partial charge in [-0.15, -0.1) is 0 Å². The number of alkyl halides is 2. The van der Waals surface area contributed by atoms with Crippen LogP contribution in [0.15, 0.2) is 83.9 Å². The van der Waals surface area contributed by atoms with Gasteiger partial charge in [-0.25, -0.2) is 13.6 Å². The van der Waals surface area contributed by atoms with Gasteiger partial charge in [0.05, 0.1) is 16.7 Å². The molecule has 292 valence electrons. The van der Waals surface area contributed by atoms with Gasteiger partial charge < -0.3 is 10.2 Å². The van der Waals surface area contributed by atoms with E-state index in [4.69, 9.17) is 0 Å². The number of nitrogens with one attached hydrogen (secondary N) is 2. The van der Waals surface area contributed by atoms with E-state index in [1.165, 1.54) is 6.20 Å². The Kier molecular flexibility index (Phi) is 9.80. The van der Waals surface area contributed by atoms with Gasteiger partial charge in [0.25, 0.3) is 18.2 Å². The molecule has 1 unspecified atom stereocenters. The zero-order valence-corrected chi connectivity index (χ0v) is 32.1. The van der Waals surface area contributed by atoms with Crippen molar-refractivity contribution in [3.05, 3.63) is 118 Å². The van der Waals surface area contributed by atoms with Crippen LogP contribution in [0.5, 0.6) is 0 Å². The summed E-state index contributed by atoms with van der Waals surface area (Å²) in [5.74, 6) is -0.922. The normalized spacial score (nSPS) is 15.7. The summed E-state index contributed by atoms with van der Waals surface area (Å²) in [7, 11) is 3.52. The van der Waals surface area contributed by atoms with Crippen molar-refractivity contribution in [2.75, 3.05) is 11.4 Å². The van der Waals surface area contributed by atoms with E-state index in [1.54, 1.807) is 58.4 Å². The number of aromatic nitrogens is 5. The highest BCUT2D eigenvalue weighted by Crippen LogP contribution is 2.42. The van der Waals surface area contributed by atoms with E-state index in [1.807, 2.05) is 36.4 Å². The van der Waals surface area contributed by atoms with E-state index in [9.17, 15) is 28.0 Å². The number of hydrogen-bond acceptors (Lipinski definition) is 7. The fraction of sp³-hybridized carbons (Fsp3) is 0.302. The molecule has 0 saturated carbocycles. The summed E-state index contributed by atoms with van der Waals surface area (Å²) in [5, 5.41) is 9.76. The maximum absolute atomic E-state index is 14.8. The molecule has 2 N–H and O–H groups in total. The van der Waals surface area contributed by atoms with Crippen LogP contribution in [0.25, 0.3) is 33.4 Å². The second-order valence-electron chi connectivity index (χ2n) is 15.0. The number of halogens is 2. The van der Waals surface area contributed by atoms with Gasteiger partial charge in [-0.3, -0.25) is 38.5 Å². The van der Waals surface area contributed by atoms with Crippen LogP contribution in [-0.4, -0.2) is 48.2 Å². The standard InChI is InChI=1S/C43H42F2N8O4/c1-24(2)30-19-29(20-37-39(30)51(4)43(57)50(37)3)52-16-5-6-27-18-31(32(40(44)45)21-36(27)52)28-11-12-34(46-23-28)41(55)47-22-25-7-9-26(10-8-25)33-15-17-53(49-33)35-13-14-38(54)48-42(35)56/h7-12,15,17-21,23-24,35,40H,5-6,13-14,16,22H2,1-4H3,(H,47,55)(H,48,54,56). The number of anilines is 2. The summed E-state index contributed by atoms with van der Waals surface area (Å²) in [6, 6.07) is 19.4. The van der Waals surface area contributed by atoms with E-state index >= 15 is 0 Å². The number of carbonyl (C=O) groups excluding carboxylic acids is 3. The van der Waals surface area contributed by atoms with E-state index < -0.39 is 18.4 Å². The molecule has 8 rings (SSSR count). The van der Waals surface area contributed by atoms with Crippen molar-refractivity contribution in [2.24, 2.45) is 14.1 Å². The zero-order valence-electron chi connectivity index (χ0n) is 32.1. The van der Waals surface area contributed by atoms with Gasteiger partial charge in [-0.05, 0) is 83.8 Å². The molecule has 3 aromatic heterocycles. The van der Waals surface area contributed by atoms with Crippen LogP contribution in [0.4, 0.5) is 20.2 Å². The predicted molar refractivity (Wildman–Crippen MR) is 212 cm³/mol. The highest BCUT2D eigenvalue weighted by atomic mass is 19.3. The number of benzene rings is 3. The maximum atomic E-state index is 14.8. The number of aryl methyl sites for hydroxylation is 3. The highest BCUT2D eigenvalue weighted by molar-refractivity contribution is 5.99. The Morgan fingerprint density at radius 1 is 0.930 bits per heavy atom. The monoisotopic (exact) mass is 772 g/mol. The number of carbonyl (C=O) groups is 3. The molecule has 3 aromatic carbocycles. The van der Waals surface area contributed by atoms with Crippen molar-refractivity contribution in [1.29, 1.82) is 0 Å².